The summed E-state index contributed by atoms with van der Waals surface area (Å²) in [5.41, 5.74) is 0.468. The fourth-order valence-electron chi connectivity index (χ4n) is 1.38. The second-order valence-corrected chi connectivity index (χ2v) is 15.6. The quantitative estimate of drug-likeness (QED) is 0.765. The Balaban J connectivity index is 2.91. The van der Waals surface area contributed by atoms with Crippen molar-refractivity contribution >= 4 is 34.2 Å². The van der Waals surface area contributed by atoms with E-state index >= 15 is 0 Å². The van der Waals surface area contributed by atoms with Crippen LogP contribution in [0, 0.1) is 0 Å². The van der Waals surface area contributed by atoms with E-state index in [2.05, 4.69) is 19.6 Å². The molecule has 0 amide bonds. The minimum Gasteiger partial charge on any atom is -0.543 e. The van der Waals surface area contributed by atoms with Gasteiger partial charge in [-0.1, -0.05) is 11.6 Å². The molecule has 0 fully saturated rings. The van der Waals surface area contributed by atoms with Gasteiger partial charge in [0.2, 0.25) is 16.6 Å². The average Bonchev–Trinajstić information content (AvgIpc) is 2.16. The molecule has 0 saturated heterocycles. The van der Waals surface area contributed by atoms with Crippen LogP contribution in [0.2, 0.25) is 44.3 Å². The number of carbonyl (C=O) groups is 1. The minimum atomic E-state index is -1.89. The van der Waals surface area contributed by atoms with E-state index in [0.29, 0.717) is 16.3 Å². The van der Waals surface area contributed by atoms with Gasteiger partial charge in [0, 0.05) is 0 Å². The summed E-state index contributed by atoms with van der Waals surface area (Å²) in [6.07, 6.45) is 0. The lowest BCUT2D eigenvalue weighted by molar-refractivity contribution is 0.0724. The monoisotopic (exact) mass is 316 g/mol. The highest BCUT2D eigenvalue weighted by Crippen LogP contribution is 2.28. The molecule has 0 heterocycles. The first-order chi connectivity index (χ1) is 8.48. The lowest BCUT2D eigenvalue weighted by Crippen LogP contribution is -2.30. The number of hydrogen-bond acceptors (Lipinski definition) is 3. The van der Waals surface area contributed by atoms with Crippen molar-refractivity contribution in [3.8, 4) is 5.75 Å². The molecule has 3 nitrogen and oxygen atoms in total. The van der Waals surface area contributed by atoms with Gasteiger partial charge in [-0.3, -0.25) is 0 Å². The maximum Gasteiger partial charge on any atom is 0.324 e. The van der Waals surface area contributed by atoms with E-state index in [-0.39, 0.29) is 5.97 Å². The highest BCUT2D eigenvalue weighted by Gasteiger charge is 2.22. The van der Waals surface area contributed by atoms with Gasteiger partial charge in [-0.2, -0.15) is 0 Å². The molecule has 0 N–H and O–H groups in total. The van der Waals surface area contributed by atoms with Crippen LogP contribution in [-0.4, -0.2) is 22.6 Å². The molecule has 0 atom stereocenters. The van der Waals surface area contributed by atoms with Gasteiger partial charge in [-0.15, -0.1) is 0 Å². The largest absolute Gasteiger partial charge is 0.543 e. The molecule has 0 aromatic heterocycles. The molecular weight excluding hydrogens is 296 g/mol. The summed E-state index contributed by atoms with van der Waals surface area (Å²) in [6, 6.07) is 5.05. The van der Waals surface area contributed by atoms with Crippen molar-refractivity contribution < 1.29 is 13.6 Å². The standard InChI is InChI=1S/C13H21ClO3Si2/c1-18(2,3)16-12-8-7-10(9-11(12)14)13(15)17-19(4,5)6/h7-9H,1-6H3. The molecule has 106 valence electrons. The lowest BCUT2D eigenvalue weighted by atomic mass is 10.2. The van der Waals surface area contributed by atoms with Gasteiger partial charge in [0.1, 0.15) is 5.75 Å². The molecule has 0 saturated carbocycles. The third kappa shape index (κ3) is 5.80. The molecule has 19 heavy (non-hydrogen) atoms. The Kier molecular flexibility index (Phi) is 4.87. The molecule has 0 aliphatic heterocycles. The molecular formula is C13H21ClO3Si2. The van der Waals surface area contributed by atoms with Crippen LogP contribution in [-0.2, 0) is 4.43 Å². The van der Waals surface area contributed by atoms with Crippen LogP contribution < -0.4 is 4.43 Å². The second kappa shape index (κ2) is 5.68. The van der Waals surface area contributed by atoms with Crippen molar-refractivity contribution in [3.63, 3.8) is 0 Å². The van der Waals surface area contributed by atoms with Gasteiger partial charge in [-0.25, -0.2) is 4.79 Å². The van der Waals surface area contributed by atoms with E-state index in [1.807, 2.05) is 19.6 Å². The summed E-state index contributed by atoms with van der Waals surface area (Å²) in [5.74, 6) is 0.311. The van der Waals surface area contributed by atoms with Crippen molar-refractivity contribution in [3.05, 3.63) is 28.8 Å². The zero-order valence-corrected chi connectivity index (χ0v) is 15.1. The first kappa shape index (κ1) is 16.3. The van der Waals surface area contributed by atoms with Crippen LogP contribution >= 0.6 is 11.6 Å². The first-order valence-electron chi connectivity index (χ1n) is 6.20. The molecule has 0 aliphatic rings. The molecule has 0 bridgehead atoms. The van der Waals surface area contributed by atoms with E-state index in [1.54, 1.807) is 18.2 Å². The SMILES string of the molecule is C[Si](C)(C)OC(=O)c1ccc(O[Si](C)(C)C)c(Cl)c1. The topological polar surface area (TPSA) is 35.5 Å². The van der Waals surface area contributed by atoms with Gasteiger partial charge >= 0.3 is 5.97 Å². The first-order valence-corrected chi connectivity index (χ1v) is 13.4. The minimum absolute atomic E-state index is 0.319. The molecule has 6 heteroatoms. The van der Waals surface area contributed by atoms with E-state index in [4.69, 9.17) is 20.5 Å². The smallest absolute Gasteiger partial charge is 0.324 e. The van der Waals surface area contributed by atoms with E-state index in [1.165, 1.54) is 0 Å². The molecule has 0 spiro atoms. The van der Waals surface area contributed by atoms with Crippen LogP contribution in [0.15, 0.2) is 18.2 Å². The third-order valence-corrected chi connectivity index (χ3v) is 3.91. The van der Waals surface area contributed by atoms with Gasteiger partial charge in [0.25, 0.3) is 0 Å². The third-order valence-electron chi connectivity index (χ3n) is 1.98. The second-order valence-electron chi connectivity index (χ2n) is 6.36. The Hall–Kier alpha value is -0.786. The highest BCUT2D eigenvalue weighted by atomic mass is 35.5. The molecule has 0 radical (unpaired) electrons. The number of halogens is 1. The van der Waals surface area contributed by atoms with Crippen molar-refractivity contribution in [1.29, 1.82) is 0 Å². The Bertz CT molecular complexity index is 476. The van der Waals surface area contributed by atoms with Crippen LogP contribution in [0.25, 0.3) is 0 Å². The van der Waals surface area contributed by atoms with Gasteiger partial charge in [-0.05, 0) is 57.5 Å². The summed E-state index contributed by atoms with van der Waals surface area (Å²) >= 11 is 6.15. The molecule has 0 aliphatic carbocycles. The van der Waals surface area contributed by atoms with E-state index in [9.17, 15) is 4.79 Å². The normalized spacial score (nSPS) is 12.2. The van der Waals surface area contributed by atoms with E-state index < -0.39 is 16.6 Å². The molecule has 1 rings (SSSR count). The highest BCUT2D eigenvalue weighted by molar-refractivity contribution is 6.71. The Morgan fingerprint density at radius 1 is 1.05 bits per heavy atom. The van der Waals surface area contributed by atoms with Crippen molar-refractivity contribution in [2.24, 2.45) is 0 Å². The van der Waals surface area contributed by atoms with Crippen molar-refractivity contribution in [1.82, 2.24) is 0 Å². The van der Waals surface area contributed by atoms with Crippen molar-refractivity contribution in [2.45, 2.75) is 39.3 Å². The summed E-state index contributed by atoms with van der Waals surface area (Å²) in [6.45, 7) is 12.1. The maximum absolute atomic E-state index is 11.9. The lowest BCUT2D eigenvalue weighted by Gasteiger charge is -2.21. The molecule has 1 aromatic rings. The number of carbonyl (C=O) groups excluding carboxylic acids is 1. The van der Waals surface area contributed by atoms with Crippen LogP contribution in [0.4, 0.5) is 0 Å². The summed E-state index contributed by atoms with van der Waals surface area (Å²) in [4.78, 5) is 11.9. The summed E-state index contributed by atoms with van der Waals surface area (Å²) < 4.78 is 11.3. The Morgan fingerprint density at radius 2 is 1.63 bits per heavy atom. The fourth-order valence-corrected chi connectivity index (χ4v) is 3.17. The predicted octanol–water partition coefficient (Wildman–Crippen LogP) is 4.55. The average molecular weight is 317 g/mol. The zero-order valence-electron chi connectivity index (χ0n) is 12.3. The van der Waals surface area contributed by atoms with Crippen LogP contribution in [0.5, 0.6) is 5.75 Å². The summed E-state index contributed by atoms with van der Waals surface area (Å²) in [5, 5.41) is 0.451. The fraction of sp³-hybridized carbons (Fsp3) is 0.462. The van der Waals surface area contributed by atoms with Gasteiger partial charge in [0.05, 0.1) is 10.6 Å². The summed E-state index contributed by atoms with van der Waals surface area (Å²) in [7, 11) is -3.60. The molecule has 0 unspecified atom stereocenters. The molecule has 1 aromatic carbocycles. The van der Waals surface area contributed by atoms with Gasteiger partial charge in [0.15, 0.2) is 0 Å². The van der Waals surface area contributed by atoms with Crippen LogP contribution in [0.1, 0.15) is 10.4 Å². The van der Waals surface area contributed by atoms with E-state index in [0.717, 1.165) is 0 Å². The maximum atomic E-state index is 11.9. The number of hydrogen-bond donors (Lipinski definition) is 0. The number of benzene rings is 1. The van der Waals surface area contributed by atoms with Crippen molar-refractivity contribution in [2.75, 3.05) is 0 Å². The Morgan fingerprint density at radius 3 is 2.05 bits per heavy atom. The predicted molar refractivity (Wildman–Crippen MR) is 84.2 cm³/mol. The zero-order chi connectivity index (χ0) is 14.8. The number of rotatable bonds is 4. The van der Waals surface area contributed by atoms with Gasteiger partial charge < -0.3 is 8.85 Å². The Labute approximate surface area is 122 Å². The van der Waals surface area contributed by atoms with Crippen LogP contribution in [0.3, 0.4) is 0 Å².